The lowest BCUT2D eigenvalue weighted by Gasteiger charge is -2.12. The molecule has 0 aliphatic carbocycles. The number of aliphatic hydroxyl groups is 1. The van der Waals surface area contributed by atoms with Gasteiger partial charge in [-0.15, -0.1) is 0 Å². The number of H-pyrrole nitrogens is 1. The number of pyridine rings is 1. The highest BCUT2D eigenvalue weighted by atomic mass is 16.6. The summed E-state index contributed by atoms with van der Waals surface area (Å²) in [5.74, 6) is -2.47. The van der Waals surface area contributed by atoms with Crippen molar-refractivity contribution >= 4 is 17.6 Å². The van der Waals surface area contributed by atoms with E-state index in [9.17, 15) is 24.5 Å². The lowest BCUT2D eigenvalue weighted by Crippen LogP contribution is -2.43. The van der Waals surface area contributed by atoms with Gasteiger partial charge in [0.1, 0.15) is 11.6 Å². The molecule has 0 saturated carbocycles. The molecular weight excluding hydrogens is 274 g/mol. The van der Waals surface area contributed by atoms with Gasteiger partial charge in [0.15, 0.2) is 0 Å². The molecule has 1 rings (SSSR count). The van der Waals surface area contributed by atoms with E-state index in [1.54, 1.807) is 0 Å². The molecule has 0 fully saturated rings. The number of aliphatic hydroxyl groups excluding tert-OH is 1. The average molecular weight is 285 g/mol. The van der Waals surface area contributed by atoms with Crippen LogP contribution < -0.4 is 10.9 Å². The number of aromatic nitrogens is 1. The molecule has 0 bridgehead atoms. The first-order valence-electron chi connectivity index (χ1n) is 5.38. The minimum Gasteiger partial charge on any atom is -0.480 e. The van der Waals surface area contributed by atoms with Crippen molar-refractivity contribution in [1.29, 1.82) is 0 Å². The van der Waals surface area contributed by atoms with Crippen LogP contribution in [0.15, 0.2) is 17.1 Å². The maximum absolute atomic E-state index is 11.7. The first-order chi connectivity index (χ1) is 9.36. The second-order valence-corrected chi connectivity index (χ2v) is 3.73. The minimum atomic E-state index is -1.40. The Labute approximate surface area is 111 Å². The highest BCUT2D eigenvalue weighted by Crippen LogP contribution is 2.08. The first-order valence-corrected chi connectivity index (χ1v) is 5.38. The highest BCUT2D eigenvalue weighted by molar-refractivity contribution is 5.96. The van der Waals surface area contributed by atoms with E-state index >= 15 is 0 Å². The molecule has 108 valence electrons. The van der Waals surface area contributed by atoms with Gasteiger partial charge < -0.3 is 20.5 Å². The molecular formula is C10H11N3O7. The van der Waals surface area contributed by atoms with Crippen molar-refractivity contribution in [3.63, 3.8) is 0 Å². The minimum absolute atomic E-state index is 0.256. The lowest BCUT2D eigenvalue weighted by atomic mass is 10.2. The van der Waals surface area contributed by atoms with Gasteiger partial charge in [-0.1, -0.05) is 0 Å². The number of hydrogen-bond acceptors (Lipinski definition) is 6. The largest absolute Gasteiger partial charge is 0.480 e. The first kappa shape index (κ1) is 15.3. The molecule has 0 aromatic carbocycles. The summed E-state index contributed by atoms with van der Waals surface area (Å²) >= 11 is 0. The van der Waals surface area contributed by atoms with Crippen molar-refractivity contribution in [2.75, 3.05) is 6.61 Å². The van der Waals surface area contributed by atoms with Gasteiger partial charge in [-0.05, 0) is 0 Å². The standard InChI is InChI=1S/C10H11N3O7/c14-2-1-7(10(17)18)12-9(16)6-3-5(13(19)20)4-11-8(6)15/h3-4,7,14H,1-2H2,(H,11,15)(H,12,16)(H,17,18). The normalized spacial score (nSPS) is 11.7. The van der Waals surface area contributed by atoms with Crippen LogP contribution in [0, 0.1) is 10.1 Å². The van der Waals surface area contributed by atoms with E-state index in [0.717, 1.165) is 12.3 Å². The molecule has 1 atom stereocenters. The van der Waals surface area contributed by atoms with Crippen LogP contribution in [-0.2, 0) is 4.79 Å². The molecule has 1 heterocycles. The Morgan fingerprint density at radius 3 is 2.65 bits per heavy atom. The summed E-state index contributed by atoms with van der Waals surface area (Å²) in [4.78, 5) is 45.7. The number of carbonyl (C=O) groups excluding carboxylic acids is 1. The Morgan fingerprint density at radius 2 is 2.15 bits per heavy atom. The summed E-state index contributed by atoms with van der Waals surface area (Å²) < 4.78 is 0. The van der Waals surface area contributed by atoms with Crippen LogP contribution in [-0.4, -0.2) is 44.6 Å². The number of nitrogens with one attached hydrogen (secondary N) is 2. The number of nitro groups is 1. The molecule has 1 aromatic rings. The molecule has 20 heavy (non-hydrogen) atoms. The van der Waals surface area contributed by atoms with Crippen molar-refractivity contribution in [1.82, 2.24) is 10.3 Å². The van der Waals surface area contributed by atoms with E-state index < -0.39 is 46.3 Å². The van der Waals surface area contributed by atoms with Crippen LogP contribution in [0.5, 0.6) is 0 Å². The van der Waals surface area contributed by atoms with Crippen LogP contribution in [0.1, 0.15) is 16.8 Å². The predicted octanol–water partition coefficient (Wildman–Crippen LogP) is -1.15. The van der Waals surface area contributed by atoms with E-state index in [-0.39, 0.29) is 6.42 Å². The molecule has 1 unspecified atom stereocenters. The third-order valence-corrected chi connectivity index (χ3v) is 2.36. The number of amides is 1. The maximum Gasteiger partial charge on any atom is 0.326 e. The molecule has 0 saturated heterocycles. The molecule has 0 radical (unpaired) electrons. The zero-order chi connectivity index (χ0) is 15.3. The SMILES string of the molecule is O=C(NC(CCO)C(=O)O)c1cc([N+](=O)[O-])c[nH]c1=O. The molecule has 1 amide bonds. The van der Waals surface area contributed by atoms with Crippen molar-refractivity contribution < 1.29 is 24.7 Å². The van der Waals surface area contributed by atoms with Crippen LogP contribution in [0.25, 0.3) is 0 Å². The Balaban J connectivity index is 3.02. The third-order valence-electron chi connectivity index (χ3n) is 2.36. The third kappa shape index (κ3) is 3.62. The summed E-state index contributed by atoms with van der Waals surface area (Å²) in [5.41, 5.74) is -1.98. The summed E-state index contributed by atoms with van der Waals surface area (Å²) in [6.07, 6.45) is 0.565. The molecule has 0 spiro atoms. The molecule has 0 aliphatic rings. The summed E-state index contributed by atoms with van der Waals surface area (Å²) in [7, 11) is 0. The fraction of sp³-hybridized carbons (Fsp3) is 0.300. The van der Waals surface area contributed by atoms with Crippen LogP contribution >= 0.6 is 0 Å². The van der Waals surface area contributed by atoms with Crippen molar-refractivity contribution in [3.05, 3.63) is 38.3 Å². The van der Waals surface area contributed by atoms with E-state index in [4.69, 9.17) is 10.2 Å². The summed E-state index contributed by atoms with van der Waals surface area (Å²) in [6.45, 7) is -0.484. The van der Waals surface area contributed by atoms with E-state index in [2.05, 4.69) is 0 Å². The van der Waals surface area contributed by atoms with E-state index in [1.807, 2.05) is 10.3 Å². The van der Waals surface area contributed by atoms with Crippen molar-refractivity contribution in [2.45, 2.75) is 12.5 Å². The highest BCUT2D eigenvalue weighted by Gasteiger charge is 2.23. The number of carboxylic acid groups (broad SMARTS) is 1. The second-order valence-electron chi connectivity index (χ2n) is 3.73. The maximum atomic E-state index is 11.7. The van der Waals surface area contributed by atoms with Gasteiger partial charge in [0, 0.05) is 19.1 Å². The average Bonchev–Trinajstić information content (AvgIpc) is 2.38. The summed E-state index contributed by atoms with van der Waals surface area (Å²) in [5, 5.41) is 30.0. The molecule has 10 heteroatoms. The fourth-order valence-corrected chi connectivity index (χ4v) is 1.37. The van der Waals surface area contributed by atoms with Gasteiger partial charge in [-0.2, -0.15) is 0 Å². The number of carboxylic acids is 1. The molecule has 1 aromatic heterocycles. The number of carbonyl (C=O) groups is 2. The second kappa shape index (κ2) is 6.43. The zero-order valence-corrected chi connectivity index (χ0v) is 10.0. The Hall–Kier alpha value is -2.75. The van der Waals surface area contributed by atoms with Crippen molar-refractivity contribution in [2.24, 2.45) is 0 Å². The Bertz CT molecular complexity index is 595. The smallest absolute Gasteiger partial charge is 0.326 e. The van der Waals surface area contributed by atoms with Gasteiger partial charge in [-0.25, -0.2) is 4.79 Å². The Kier molecular flexibility index (Phi) is 4.92. The fourth-order valence-electron chi connectivity index (χ4n) is 1.37. The van der Waals surface area contributed by atoms with Crippen molar-refractivity contribution in [3.8, 4) is 0 Å². The van der Waals surface area contributed by atoms with Gasteiger partial charge >= 0.3 is 5.97 Å². The van der Waals surface area contributed by atoms with Crippen LogP contribution in [0.4, 0.5) is 5.69 Å². The molecule has 10 nitrogen and oxygen atoms in total. The number of hydrogen-bond donors (Lipinski definition) is 4. The number of rotatable bonds is 6. The molecule has 0 aliphatic heterocycles. The van der Waals surface area contributed by atoms with Gasteiger partial charge in [0.05, 0.1) is 11.1 Å². The molecule has 4 N–H and O–H groups in total. The van der Waals surface area contributed by atoms with Crippen LogP contribution in [0.2, 0.25) is 0 Å². The Morgan fingerprint density at radius 1 is 1.50 bits per heavy atom. The van der Waals surface area contributed by atoms with Gasteiger partial charge in [0.25, 0.3) is 17.2 Å². The van der Waals surface area contributed by atoms with Gasteiger partial charge in [-0.3, -0.25) is 19.7 Å². The lowest BCUT2D eigenvalue weighted by molar-refractivity contribution is -0.385. The predicted molar refractivity (Wildman–Crippen MR) is 64.3 cm³/mol. The summed E-state index contributed by atoms with van der Waals surface area (Å²) in [6, 6.07) is -0.655. The van der Waals surface area contributed by atoms with Gasteiger partial charge in [0.2, 0.25) is 0 Å². The van der Waals surface area contributed by atoms with Crippen LogP contribution in [0.3, 0.4) is 0 Å². The number of aromatic amines is 1. The number of nitrogens with zero attached hydrogens (tertiary/aromatic N) is 1. The van der Waals surface area contributed by atoms with E-state index in [1.165, 1.54) is 0 Å². The topological polar surface area (TPSA) is 163 Å². The number of aliphatic carboxylic acids is 1. The quantitative estimate of drug-likeness (QED) is 0.378. The zero-order valence-electron chi connectivity index (χ0n) is 10.0. The monoisotopic (exact) mass is 285 g/mol. The van der Waals surface area contributed by atoms with E-state index in [0.29, 0.717) is 0 Å².